The summed E-state index contributed by atoms with van der Waals surface area (Å²) in [5, 5.41) is 6.31. The van der Waals surface area contributed by atoms with Crippen LogP contribution in [0.15, 0.2) is 24.3 Å². The molecule has 1 aromatic carbocycles. The number of aryl methyl sites for hydroxylation is 1. The van der Waals surface area contributed by atoms with Gasteiger partial charge in [0.15, 0.2) is 0 Å². The van der Waals surface area contributed by atoms with Crippen LogP contribution in [-0.4, -0.2) is 31.6 Å². The average molecular weight is 313 g/mol. The number of rotatable bonds is 6. The molecule has 1 aliphatic rings. The molecule has 1 fully saturated rings. The van der Waals surface area contributed by atoms with Gasteiger partial charge >= 0.3 is 0 Å². The van der Waals surface area contributed by atoms with E-state index >= 15 is 0 Å². The van der Waals surface area contributed by atoms with E-state index in [1.54, 1.807) is 7.11 Å². The van der Waals surface area contributed by atoms with E-state index in [0.717, 1.165) is 38.0 Å². The molecule has 5 heteroatoms. The minimum Gasteiger partial charge on any atom is -0.497 e. The molecule has 4 nitrogen and oxygen atoms in total. The fourth-order valence-electron chi connectivity index (χ4n) is 2.50. The minimum absolute atomic E-state index is 0. The van der Waals surface area contributed by atoms with Crippen molar-refractivity contribution < 1.29 is 9.53 Å². The molecule has 0 spiro atoms. The predicted molar refractivity (Wildman–Crippen MR) is 87.2 cm³/mol. The third-order valence-corrected chi connectivity index (χ3v) is 3.79. The molecule has 1 amide bonds. The molecular weight excluding hydrogens is 288 g/mol. The second-order valence-corrected chi connectivity index (χ2v) is 5.45. The van der Waals surface area contributed by atoms with E-state index in [1.165, 1.54) is 5.56 Å². The smallest absolute Gasteiger partial charge is 0.237 e. The normalized spacial score (nSPS) is 18.7. The number of benzene rings is 1. The summed E-state index contributed by atoms with van der Waals surface area (Å²) in [6, 6.07) is 8.31. The summed E-state index contributed by atoms with van der Waals surface area (Å²) in [5.74, 6) is 1.02. The van der Waals surface area contributed by atoms with E-state index < -0.39 is 0 Å². The molecule has 1 aromatic rings. The Morgan fingerprint density at radius 3 is 2.71 bits per heavy atom. The third-order valence-electron chi connectivity index (χ3n) is 3.79. The molecular formula is C16H25ClN2O2. The summed E-state index contributed by atoms with van der Waals surface area (Å²) in [5.41, 5.74) is 1.27. The first-order valence-electron chi connectivity index (χ1n) is 7.35. The van der Waals surface area contributed by atoms with Crippen LogP contribution in [0.25, 0.3) is 0 Å². The number of carbonyl (C=O) groups is 1. The Bertz CT molecular complexity index is 430. The molecule has 1 aliphatic heterocycles. The molecule has 21 heavy (non-hydrogen) atoms. The van der Waals surface area contributed by atoms with Gasteiger partial charge in [0.25, 0.3) is 0 Å². The highest BCUT2D eigenvalue weighted by molar-refractivity contribution is 5.85. The Morgan fingerprint density at radius 1 is 1.43 bits per heavy atom. The fourth-order valence-corrected chi connectivity index (χ4v) is 2.50. The lowest BCUT2D eigenvalue weighted by molar-refractivity contribution is -0.123. The number of nitrogens with one attached hydrogen (secondary N) is 2. The van der Waals surface area contributed by atoms with E-state index in [9.17, 15) is 4.79 Å². The first kappa shape index (κ1) is 17.8. The molecule has 2 atom stereocenters. The lowest BCUT2D eigenvalue weighted by Crippen LogP contribution is -2.44. The molecule has 0 saturated carbocycles. The number of hydrogen-bond donors (Lipinski definition) is 2. The van der Waals surface area contributed by atoms with Crippen molar-refractivity contribution in [3.63, 3.8) is 0 Å². The van der Waals surface area contributed by atoms with Crippen LogP contribution < -0.4 is 15.4 Å². The van der Waals surface area contributed by atoms with Crippen LogP contribution in [0.1, 0.15) is 31.7 Å². The maximum atomic E-state index is 12.0. The molecule has 0 aliphatic carbocycles. The number of halogens is 1. The molecule has 2 unspecified atom stereocenters. The Labute approximate surface area is 133 Å². The maximum Gasteiger partial charge on any atom is 0.237 e. The van der Waals surface area contributed by atoms with Crippen molar-refractivity contribution in [2.24, 2.45) is 0 Å². The SMILES string of the molecule is COc1ccc(CCC(C)NC(=O)C2CCCN2)cc1.Cl. The lowest BCUT2D eigenvalue weighted by Gasteiger charge is -2.17. The molecule has 1 saturated heterocycles. The van der Waals surface area contributed by atoms with Gasteiger partial charge < -0.3 is 15.4 Å². The van der Waals surface area contributed by atoms with Crippen LogP contribution >= 0.6 is 12.4 Å². The highest BCUT2D eigenvalue weighted by Crippen LogP contribution is 2.13. The van der Waals surface area contributed by atoms with Crippen LogP contribution in [0.2, 0.25) is 0 Å². The van der Waals surface area contributed by atoms with Crippen molar-refractivity contribution in [3.05, 3.63) is 29.8 Å². The van der Waals surface area contributed by atoms with Gasteiger partial charge in [-0.3, -0.25) is 4.79 Å². The molecule has 0 radical (unpaired) electrons. The second kappa shape index (κ2) is 8.90. The Balaban J connectivity index is 0.00000220. The van der Waals surface area contributed by atoms with Gasteiger partial charge in [0.1, 0.15) is 5.75 Å². The Hall–Kier alpha value is -1.26. The third kappa shape index (κ3) is 5.56. The number of ether oxygens (including phenoxy) is 1. The van der Waals surface area contributed by atoms with Crippen LogP contribution in [0.5, 0.6) is 5.75 Å². The Morgan fingerprint density at radius 2 is 2.14 bits per heavy atom. The summed E-state index contributed by atoms with van der Waals surface area (Å²) in [6.07, 6.45) is 3.96. The molecule has 0 bridgehead atoms. The van der Waals surface area contributed by atoms with Crippen LogP contribution in [0.4, 0.5) is 0 Å². The Kier molecular flexibility index (Phi) is 7.54. The first-order valence-corrected chi connectivity index (χ1v) is 7.35. The highest BCUT2D eigenvalue weighted by atomic mass is 35.5. The van der Waals surface area contributed by atoms with Gasteiger partial charge in [0.05, 0.1) is 13.2 Å². The zero-order valence-corrected chi connectivity index (χ0v) is 13.5. The molecule has 2 N–H and O–H groups in total. The van der Waals surface area contributed by atoms with Crippen LogP contribution in [0.3, 0.4) is 0 Å². The van der Waals surface area contributed by atoms with Crippen LogP contribution in [-0.2, 0) is 11.2 Å². The van der Waals surface area contributed by atoms with Gasteiger partial charge in [-0.15, -0.1) is 12.4 Å². The molecule has 1 heterocycles. The predicted octanol–water partition coefficient (Wildman–Crippen LogP) is 2.31. The van der Waals surface area contributed by atoms with Crippen molar-refractivity contribution in [1.82, 2.24) is 10.6 Å². The zero-order valence-electron chi connectivity index (χ0n) is 12.7. The van der Waals surface area contributed by atoms with Gasteiger partial charge in [0, 0.05) is 6.04 Å². The second-order valence-electron chi connectivity index (χ2n) is 5.45. The van der Waals surface area contributed by atoms with Gasteiger partial charge in [-0.25, -0.2) is 0 Å². The van der Waals surface area contributed by atoms with E-state index in [-0.39, 0.29) is 30.4 Å². The number of methoxy groups -OCH3 is 1. The van der Waals surface area contributed by atoms with Gasteiger partial charge in [0.2, 0.25) is 5.91 Å². The van der Waals surface area contributed by atoms with Crippen LogP contribution in [0, 0.1) is 0 Å². The highest BCUT2D eigenvalue weighted by Gasteiger charge is 2.22. The van der Waals surface area contributed by atoms with Gasteiger partial charge in [-0.1, -0.05) is 12.1 Å². The minimum atomic E-state index is 0. The van der Waals surface area contributed by atoms with Crippen molar-refractivity contribution in [1.29, 1.82) is 0 Å². The van der Waals surface area contributed by atoms with Crippen molar-refractivity contribution in [2.45, 2.75) is 44.7 Å². The maximum absolute atomic E-state index is 12.0. The van der Waals surface area contributed by atoms with Gasteiger partial charge in [-0.05, 0) is 56.8 Å². The van der Waals surface area contributed by atoms with E-state index in [4.69, 9.17) is 4.74 Å². The van der Waals surface area contributed by atoms with Crippen molar-refractivity contribution >= 4 is 18.3 Å². The number of hydrogen-bond acceptors (Lipinski definition) is 3. The first-order chi connectivity index (χ1) is 9.69. The van der Waals surface area contributed by atoms with Crippen molar-refractivity contribution in [2.75, 3.05) is 13.7 Å². The molecule has 118 valence electrons. The summed E-state index contributed by atoms with van der Waals surface area (Å²) >= 11 is 0. The summed E-state index contributed by atoms with van der Waals surface area (Å²) in [4.78, 5) is 12.0. The summed E-state index contributed by atoms with van der Waals surface area (Å²) in [7, 11) is 1.67. The summed E-state index contributed by atoms with van der Waals surface area (Å²) < 4.78 is 5.14. The lowest BCUT2D eigenvalue weighted by atomic mass is 10.1. The molecule has 0 aromatic heterocycles. The number of amides is 1. The summed E-state index contributed by atoms with van der Waals surface area (Å²) in [6.45, 7) is 3.02. The fraction of sp³-hybridized carbons (Fsp3) is 0.562. The average Bonchev–Trinajstić information content (AvgIpc) is 3.00. The van der Waals surface area contributed by atoms with Gasteiger partial charge in [-0.2, -0.15) is 0 Å². The van der Waals surface area contributed by atoms with E-state index in [2.05, 4.69) is 29.7 Å². The van der Waals surface area contributed by atoms with E-state index in [0.29, 0.717) is 0 Å². The quantitative estimate of drug-likeness (QED) is 0.847. The topological polar surface area (TPSA) is 50.4 Å². The standard InChI is InChI=1S/C16H24N2O2.ClH/c1-12(18-16(19)15-4-3-11-17-15)5-6-13-7-9-14(20-2)10-8-13;/h7-10,12,15,17H,3-6,11H2,1-2H3,(H,18,19);1H. The molecule has 2 rings (SSSR count). The largest absolute Gasteiger partial charge is 0.497 e. The number of carbonyl (C=O) groups excluding carboxylic acids is 1. The monoisotopic (exact) mass is 312 g/mol. The van der Waals surface area contributed by atoms with E-state index in [1.807, 2.05) is 12.1 Å². The zero-order chi connectivity index (χ0) is 14.4. The van der Waals surface area contributed by atoms with Crippen molar-refractivity contribution in [3.8, 4) is 5.75 Å².